The largest absolute Gasteiger partial charge is 0.387 e. The molecule has 1 aromatic carbocycles. The molecule has 0 fully saturated rings. The summed E-state index contributed by atoms with van der Waals surface area (Å²) in [7, 11) is 0. The first-order valence-electron chi connectivity index (χ1n) is 4.41. The van der Waals surface area contributed by atoms with Gasteiger partial charge in [0.15, 0.2) is 0 Å². The van der Waals surface area contributed by atoms with Crippen molar-refractivity contribution in [2.24, 2.45) is 10.7 Å². The lowest BCUT2D eigenvalue weighted by molar-refractivity contribution is 0.983. The molecule has 0 saturated carbocycles. The van der Waals surface area contributed by atoms with Gasteiger partial charge in [-0.25, -0.2) is 4.99 Å². The minimum Gasteiger partial charge on any atom is -0.387 e. The fraction of sp³-hybridized carbons (Fsp3) is 0.300. The quantitative estimate of drug-likeness (QED) is 0.663. The summed E-state index contributed by atoms with van der Waals surface area (Å²) < 4.78 is 1.98. The Morgan fingerprint density at radius 3 is 2.71 bits per heavy atom. The highest BCUT2D eigenvalue weighted by Gasteiger charge is 1.99. The normalized spacial score (nSPS) is 11.8. The summed E-state index contributed by atoms with van der Waals surface area (Å²) in [6.45, 7) is 2.08. The van der Waals surface area contributed by atoms with E-state index in [-0.39, 0.29) is 0 Å². The van der Waals surface area contributed by atoms with E-state index < -0.39 is 0 Å². The molecule has 0 unspecified atom stereocenters. The van der Waals surface area contributed by atoms with Crippen molar-refractivity contribution in [2.75, 3.05) is 0 Å². The van der Waals surface area contributed by atoms with Crippen molar-refractivity contribution in [3.63, 3.8) is 0 Å². The first-order valence-corrected chi connectivity index (χ1v) is 6.00. The fourth-order valence-electron chi connectivity index (χ4n) is 1.04. The Morgan fingerprint density at radius 2 is 2.14 bits per heavy atom. The van der Waals surface area contributed by atoms with Gasteiger partial charge in [0.05, 0.1) is 11.5 Å². The van der Waals surface area contributed by atoms with Crippen LogP contribution in [0.4, 0.5) is 5.69 Å². The first-order chi connectivity index (χ1) is 6.63. The predicted molar refractivity (Wildman–Crippen MR) is 68.0 cm³/mol. The van der Waals surface area contributed by atoms with Crippen molar-refractivity contribution < 1.29 is 0 Å². The van der Waals surface area contributed by atoms with Crippen molar-refractivity contribution in [2.45, 2.75) is 19.8 Å². The summed E-state index contributed by atoms with van der Waals surface area (Å²) in [6, 6.07) is 5.83. The zero-order chi connectivity index (χ0) is 10.6. The Balaban J connectivity index is 2.91. The van der Waals surface area contributed by atoms with Gasteiger partial charge in [0.25, 0.3) is 0 Å². The standard InChI is InChI=1S/C10H12Br2N2/c1-2-3-10(13)14-9-5-4-7(11)6-8(9)12/h4-6H,2-3H2,1H3,(H2,13,14). The van der Waals surface area contributed by atoms with Gasteiger partial charge < -0.3 is 5.73 Å². The van der Waals surface area contributed by atoms with E-state index in [0.717, 1.165) is 27.5 Å². The Hall–Kier alpha value is -0.350. The maximum Gasteiger partial charge on any atom is 0.0996 e. The van der Waals surface area contributed by atoms with Crippen LogP contribution in [0, 0.1) is 0 Å². The number of halogens is 2. The van der Waals surface area contributed by atoms with E-state index >= 15 is 0 Å². The molecule has 1 rings (SSSR count). The molecule has 0 heterocycles. The number of amidine groups is 1. The van der Waals surface area contributed by atoms with Gasteiger partial charge in [-0.15, -0.1) is 0 Å². The summed E-state index contributed by atoms with van der Waals surface area (Å²) in [4.78, 5) is 4.32. The molecule has 0 aliphatic rings. The second-order valence-corrected chi connectivity index (χ2v) is 4.72. The van der Waals surface area contributed by atoms with Crippen molar-refractivity contribution in [3.05, 3.63) is 27.1 Å². The highest BCUT2D eigenvalue weighted by molar-refractivity contribution is 9.11. The summed E-state index contributed by atoms with van der Waals surface area (Å²) in [5.41, 5.74) is 6.61. The molecule has 76 valence electrons. The minimum atomic E-state index is 0.676. The molecule has 0 aromatic heterocycles. The highest BCUT2D eigenvalue weighted by atomic mass is 79.9. The molecular formula is C10H12Br2N2. The molecule has 2 nitrogen and oxygen atoms in total. The van der Waals surface area contributed by atoms with E-state index in [1.165, 1.54) is 0 Å². The van der Waals surface area contributed by atoms with Gasteiger partial charge >= 0.3 is 0 Å². The molecule has 0 spiro atoms. The molecule has 0 bridgehead atoms. The van der Waals surface area contributed by atoms with Crippen LogP contribution >= 0.6 is 31.9 Å². The minimum absolute atomic E-state index is 0.676. The molecule has 2 N–H and O–H groups in total. The summed E-state index contributed by atoms with van der Waals surface area (Å²) in [5, 5.41) is 0. The molecule has 1 aromatic rings. The topological polar surface area (TPSA) is 38.4 Å². The second kappa shape index (κ2) is 5.51. The van der Waals surface area contributed by atoms with Gasteiger partial charge in [-0.05, 0) is 40.5 Å². The fourth-order valence-corrected chi connectivity index (χ4v) is 2.17. The highest BCUT2D eigenvalue weighted by Crippen LogP contribution is 2.28. The number of nitrogens with zero attached hydrogens (tertiary/aromatic N) is 1. The lowest BCUT2D eigenvalue weighted by atomic mass is 10.3. The van der Waals surface area contributed by atoms with Gasteiger partial charge in [-0.1, -0.05) is 22.9 Å². The molecule has 4 heteroatoms. The van der Waals surface area contributed by atoms with Crippen LogP contribution in [0.5, 0.6) is 0 Å². The van der Waals surface area contributed by atoms with Crippen LogP contribution in [0.2, 0.25) is 0 Å². The van der Waals surface area contributed by atoms with Gasteiger partial charge in [-0.2, -0.15) is 0 Å². The molecule has 0 saturated heterocycles. The number of hydrogen-bond donors (Lipinski definition) is 1. The van der Waals surface area contributed by atoms with Crippen LogP contribution in [-0.4, -0.2) is 5.84 Å². The number of hydrogen-bond acceptors (Lipinski definition) is 1. The Morgan fingerprint density at radius 1 is 1.43 bits per heavy atom. The smallest absolute Gasteiger partial charge is 0.0996 e. The van der Waals surface area contributed by atoms with Crippen molar-refractivity contribution >= 4 is 43.4 Å². The van der Waals surface area contributed by atoms with Gasteiger partial charge in [0.2, 0.25) is 0 Å². The van der Waals surface area contributed by atoms with Crippen molar-refractivity contribution in [1.29, 1.82) is 0 Å². The Labute approximate surface area is 101 Å². The number of rotatable bonds is 3. The van der Waals surface area contributed by atoms with Crippen LogP contribution in [0.3, 0.4) is 0 Å². The molecule has 0 aliphatic carbocycles. The molecule has 0 amide bonds. The molecule has 0 radical (unpaired) electrons. The second-order valence-electron chi connectivity index (χ2n) is 2.95. The zero-order valence-electron chi connectivity index (χ0n) is 7.93. The summed E-state index contributed by atoms with van der Waals surface area (Å²) in [6.07, 6.45) is 1.85. The van der Waals surface area contributed by atoms with E-state index in [4.69, 9.17) is 5.73 Å². The van der Waals surface area contributed by atoms with E-state index in [0.29, 0.717) is 5.84 Å². The maximum absolute atomic E-state index is 5.74. The van der Waals surface area contributed by atoms with Gasteiger partial charge in [-0.3, -0.25) is 0 Å². The predicted octanol–water partition coefficient (Wildman–Crippen LogP) is 4.00. The average Bonchev–Trinajstić information content (AvgIpc) is 2.10. The van der Waals surface area contributed by atoms with Crippen molar-refractivity contribution in [3.8, 4) is 0 Å². The SMILES string of the molecule is CCCC(N)=Nc1ccc(Br)cc1Br. The maximum atomic E-state index is 5.74. The first kappa shape index (κ1) is 11.7. The van der Waals surface area contributed by atoms with Crippen LogP contribution in [-0.2, 0) is 0 Å². The zero-order valence-corrected chi connectivity index (χ0v) is 11.1. The lowest BCUT2D eigenvalue weighted by Crippen LogP contribution is -2.09. The van der Waals surface area contributed by atoms with E-state index in [2.05, 4.69) is 43.8 Å². The third kappa shape index (κ3) is 3.42. The molecular weight excluding hydrogens is 308 g/mol. The van der Waals surface area contributed by atoms with E-state index in [9.17, 15) is 0 Å². The van der Waals surface area contributed by atoms with Crippen LogP contribution in [0.15, 0.2) is 32.1 Å². The Kier molecular flexibility index (Phi) is 4.62. The average molecular weight is 320 g/mol. The number of benzene rings is 1. The number of aliphatic imine (C=N–C) groups is 1. The summed E-state index contributed by atoms with van der Waals surface area (Å²) in [5.74, 6) is 0.676. The van der Waals surface area contributed by atoms with E-state index in [1.807, 2.05) is 18.2 Å². The van der Waals surface area contributed by atoms with E-state index in [1.54, 1.807) is 0 Å². The third-order valence-electron chi connectivity index (χ3n) is 1.68. The molecule has 14 heavy (non-hydrogen) atoms. The van der Waals surface area contributed by atoms with Crippen molar-refractivity contribution in [1.82, 2.24) is 0 Å². The Bertz CT molecular complexity index is 348. The lowest BCUT2D eigenvalue weighted by Gasteiger charge is -2.01. The third-order valence-corrected chi connectivity index (χ3v) is 2.81. The van der Waals surface area contributed by atoms with Crippen LogP contribution < -0.4 is 5.73 Å². The number of nitrogens with two attached hydrogens (primary N) is 1. The molecule has 0 atom stereocenters. The van der Waals surface area contributed by atoms with Gasteiger partial charge in [0, 0.05) is 15.4 Å². The van der Waals surface area contributed by atoms with Crippen LogP contribution in [0.1, 0.15) is 19.8 Å². The van der Waals surface area contributed by atoms with Gasteiger partial charge in [0.1, 0.15) is 0 Å². The molecule has 0 aliphatic heterocycles. The van der Waals surface area contributed by atoms with Crippen LogP contribution in [0.25, 0.3) is 0 Å². The summed E-state index contributed by atoms with van der Waals surface area (Å²) >= 11 is 6.82. The monoisotopic (exact) mass is 318 g/mol.